The lowest BCUT2D eigenvalue weighted by molar-refractivity contribution is -0.124. The van der Waals surface area contributed by atoms with Crippen molar-refractivity contribution in [3.8, 4) is 0 Å². The fourth-order valence-electron chi connectivity index (χ4n) is 1.81. The van der Waals surface area contributed by atoms with Gasteiger partial charge in [-0.1, -0.05) is 12.8 Å². The van der Waals surface area contributed by atoms with Crippen molar-refractivity contribution in [2.24, 2.45) is 11.7 Å². The molecule has 0 aliphatic heterocycles. The maximum atomic E-state index is 12.0. The standard InChI is InChI=1S/C12H19N3OS/c1-12(2,11-14-5-6-17-11)15-10(16)9(13)7-8-3-4-8/h5-6,8-9H,3-4,7,13H2,1-2H3,(H,15,16). The fourth-order valence-corrected chi connectivity index (χ4v) is 2.52. The average molecular weight is 253 g/mol. The molecule has 2 rings (SSSR count). The predicted molar refractivity (Wildman–Crippen MR) is 68.6 cm³/mol. The van der Waals surface area contributed by atoms with E-state index in [9.17, 15) is 4.79 Å². The lowest BCUT2D eigenvalue weighted by Crippen LogP contribution is -2.49. The maximum Gasteiger partial charge on any atom is 0.237 e. The Hall–Kier alpha value is -0.940. The predicted octanol–water partition coefficient (Wildman–Crippen LogP) is 1.62. The summed E-state index contributed by atoms with van der Waals surface area (Å²) in [6.45, 7) is 3.90. The minimum Gasteiger partial charge on any atom is -0.343 e. The molecule has 1 aromatic heterocycles. The number of carbonyl (C=O) groups is 1. The van der Waals surface area contributed by atoms with Gasteiger partial charge in [0.15, 0.2) is 0 Å². The lowest BCUT2D eigenvalue weighted by Gasteiger charge is -2.25. The van der Waals surface area contributed by atoms with Crippen LogP contribution in [-0.2, 0) is 10.3 Å². The van der Waals surface area contributed by atoms with Crippen molar-refractivity contribution in [1.82, 2.24) is 10.3 Å². The van der Waals surface area contributed by atoms with Crippen molar-refractivity contribution < 1.29 is 4.79 Å². The highest BCUT2D eigenvalue weighted by Gasteiger charge is 2.31. The van der Waals surface area contributed by atoms with Gasteiger partial charge >= 0.3 is 0 Å². The van der Waals surface area contributed by atoms with E-state index in [1.54, 1.807) is 17.5 Å². The van der Waals surface area contributed by atoms with Crippen molar-refractivity contribution in [1.29, 1.82) is 0 Å². The van der Waals surface area contributed by atoms with Gasteiger partial charge in [0.25, 0.3) is 0 Å². The smallest absolute Gasteiger partial charge is 0.237 e. The monoisotopic (exact) mass is 253 g/mol. The Labute approximate surface area is 106 Å². The topological polar surface area (TPSA) is 68.0 Å². The molecule has 1 saturated carbocycles. The molecule has 1 amide bonds. The molecule has 5 heteroatoms. The number of rotatable bonds is 5. The van der Waals surface area contributed by atoms with Gasteiger partial charge in [-0.25, -0.2) is 4.98 Å². The van der Waals surface area contributed by atoms with Crippen LogP contribution in [0.4, 0.5) is 0 Å². The maximum absolute atomic E-state index is 12.0. The largest absolute Gasteiger partial charge is 0.343 e. The molecule has 0 bridgehead atoms. The second-order valence-corrected chi connectivity index (χ2v) is 6.13. The van der Waals surface area contributed by atoms with Gasteiger partial charge in [0, 0.05) is 11.6 Å². The number of amides is 1. The summed E-state index contributed by atoms with van der Waals surface area (Å²) in [6.07, 6.45) is 4.99. The summed E-state index contributed by atoms with van der Waals surface area (Å²) in [4.78, 5) is 16.2. The molecule has 1 aliphatic carbocycles. The third-order valence-corrected chi connectivity index (χ3v) is 4.12. The molecular weight excluding hydrogens is 234 g/mol. The summed E-state index contributed by atoms with van der Waals surface area (Å²) in [5.74, 6) is 0.593. The van der Waals surface area contributed by atoms with Crippen LogP contribution < -0.4 is 11.1 Å². The molecule has 1 atom stereocenters. The molecule has 1 aromatic rings. The van der Waals surface area contributed by atoms with Crippen LogP contribution in [0.2, 0.25) is 0 Å². The zero-order chi connectivity index (χ0) is 12.5. The summed E-state index contributed by atoms with van der Waals surface area (Å²) in [5.41, 5.74) is 5.45. The van der Waals surface area contributed by atoms with Gasteiger partial charge in [-0.3, -0.25) is 4.79 Å². The van der Waals surface area contributed by atoms with E-state index in [1.165, 1.54) is 12.8 Å². The van der Waals surface area contributed by atoms with Crippen LogP contribution >= 0.6 is 11.3 Å². The highest BCUT2D eigenvalue weighted by molar-refractivity contribution is 7.09. The van der Waals surface area contributed by atoms with Crippen molar-refractivity contribution in [3.63, 3.8) is 0 Å². The molecule has 94 valence electrons. The zero-order valence-electron chi connectivity index (χ0n) is 10.3. The fraction of sp³-hybridized carbons (Fsp3) is 0.667. The van der Waals surface area contributed by atoms with Gasteiger partial charge in [0.1, 0.15) is 5.01 Å². The Morgan fingerprint density at radius 3 is 2.94 bits per heavy atom. The summed E-state index contributed by atoms with van der Waals surface area (Å²) < 4.78 is 0. The minimum absolute atomic E-state index is 0.0721. The second kappa shape index (κ2) is 4.74. The molecule has 3 N–H and O–H groups in total. The van der Waals surface area contributed by atoms with E-state index in [0.29, 0.717) is 5.92 Å². The van der Waals surface area contributed by atoms with E-state index >= 15 is 0 Å². The molecular formula is C12H19N3OS. The summed E-state index contributed by atoms with van der Waals surface area (Å²) in [6, 6.07) is -0.387. The van der Waals surface area contributed by atoms with E-state index in [1.807, 2.05) is 19.2 Å². The van der Waals surface area contributed by atoms with E-state index in [2.05, 4.69) is 10.3 Å². The van der Waals surface area contributed by atoms with E-state index in [4.69, 9.17) is 5.73 Å². The van der Waals surface area contributed by atoms with Crippen LogP contribution in [0.3, 0.4) is 0 Å². The zero-order valence-corrected chi connectivity index (χ0v) is 11.1. The Morgan fingerprint density at radius 2 is 2.41 bits per heavy atom. The molecule has 0 saturated heterocycles. The number of hydrogen-bond acceptors (Lipinski definition) is 4. The summed E-state index contributed by atoms with van der Waals surface area (Å²) in [5, 5.41) is 5.79. The summed E-state index contributed by atoms with van der Waals surface area (Å²) in [7, 11) is 0. The summed E-state index contributed by atoms with van der Waals surface area (Å²) >= 11 is 1.54. The van der Waals surface area contributed by atoms with Gasteiger partial charge in [-0.2, -0.15) is 0 Å². The number of thiazole rings is 1. The number of aromatic nitrogens is 1. The second-order valence-electron chi connectivity index (χ2n) is 5.24. The first-order valence-electron chi connectivity index (χ1n) is 5.96. The molecule has 4 nitrogen and oxygen atoms in total. The first-order chi connectivity index (χ1) is 7.99. The Morgan fingerprint density at radius 1 is 1.71 bits per heavy atom. The molecule has 0 aromatic carbocycles. The normalized spacial score (nSPS) is 17.8. The molecule has 1 aliphatic rings. The van der Waals surface area contributed by atoms with Gasteiger partial charge in [-0.05, 0) is 26.2 Å². The van der Waals surface area contributed by atoms with Crippen molar-refractivity contribution in [2.45, 2.75) is 44.7 Å². The Bertz CT molecular complexity index is 384. The molecule has 1 unspecified atom stereocenters. The van der Waals surface area contributed by atoms with Crippen LogP contribution in [0.15, 0.2) is 11.6 Å². The molecule has 0 radical (unpaired) electrons. The molecule has 17 heavy (non-hydrogen) atoms. The van der Waals surface area contributed by atoms with Crippen molar-refractivity contribution in [2.75, 3.05) is 0 Å². The van der Waals surface area contributed by atoms with Gasteiger partial charge in [-0.15, -0.1) is 11.3 Å². The third-order valence-electron chi connectivity index (χ3n) is 3.02. The number of nitrogens with one attached hydrogen (secondary N) is 1. The molecule has 1 fully saturated rings. The SMILES string of the molecule is CC(C)(NC(=O)C(N)CC1CC1)c1nccs1. The highest BCUT2D eigenvalue weighted by Crippen LogP contribution is 2.33. The minimum atomic E-state index is -0.438. The van der Waals surface area contributed by atoms with Crippen molar-refractivity contribution in [3.05, 3.63) is 16.6 Å². The van der Waals surface area contributed by atoms with Gasteiger partial charge in [0.2, 0.25) is 5.91 Å². The average Bonchev–Trinajstić information content (AvgIpc) is 2.88. The lowest BCUT2D eigenvalue weighted by atomic mass is 10.0. The van der Waals surface area contributed by atoms with E-state index in [-0.39, 0.29) is 11.9 Å². The highest BCUT2D eigenvalue weighted by atomic mass is 32.1. The Kier molecular flexibility index (Phi) is 3.49. The number of carbonyl (C=O) groups excluding carboxylic acids is 1. The molecule has 0 spiro atoms. The first kappa shape index (κ1) is 12.5. The third kappa shape index (κ3) is 3.26. The van der Waals surface area contributed by atoms with E-state index < -0.39 is 5.54 Å². The van der Waals surface area contributed by atoms with Gasteiger partial charge < -0.3 is 11.1 Å². The van der Waals surface area contributed by atoms with Crippen LogP contribution in [0.5, 0.6) is 0 Å². The number of nitrogens with two attached hydrogens (primary N) is 1. The molecule has 1 heterocycles. The number of nitrogens with zero attached hydrogens (tertiary/aromatic N) is 1. The van der Waals surface area contributed by atoms with Crippen LogP contribution in [0.1, 0.15) is 38.1 Å². The quantitative estimate of drug-likeness (QED) is 0.838. The van der Waals surface area contributed by atoms with Crippen LogP contribution in [0, 0.1) is 5.92 Å². The van der Waals surface area contributed by atoms with E-state index in [0.717, 1.165) is 11.4 Å². The van der Waals surface area contributed by atoms with Gasteiger partial charge in [0.05, 0.1) is 11.6 Å². The van der Waals surface area contributed by atoms with Crippen LogP contribution in [0.25, 0.3) is 0 Å². The Balaban J connectivity index is 1.92. The van der Waals surface area contributed by atoms with Crippen molar-refractivity contribution >= 4 is 17.2 Å². The van der Waals surface area contributed by atoms with Crippen LogP contribution in [-0.4, -0.2) is 16.9 Å². The number of hydrogen-bond donors (Lipinski definition) is 2. The first-order valence-corrected chi connectivity index (χ1v) is 6.84.